The Morgan fingerprint density at radius 2 is 1.00 bits per heavy atom. The molecule has 1 aliphatic rings. The molecule has 2 atom stereocenters. The third-order valence-corrected chi connectivity index (χ3v) is 2.75. The Labute approximate surface area is 149 Å². The van der Waals surface area contributed by atoms with Crippen LogP contribution in [0.15, 0.2) is 60.7 Å². The molecule has 1 heterocycles. The molecule has 0 bridgehead atoms. The molecular weight excluding hydrogens is 230 g/mol. The minimum atomic E-state index is 0. The Morgan fingerprint density at radius 3 is 1.35 bits per heavy atom. The van der Waals surface area contributed by atoms with Crippen molar-refractivity contribution < 1.29 is 66.7 Å². The maximum Gasteiger partial charge on any atom is 1.00 e. The minimum Gasteiger partial charge on any atom is -1.00 e. The largest absolute Gasteiger partial charge is 1.00 e. The number of hydrogen-bond donors (Lipinski definition) is 0. The van der Waals surface area contributed by atoms with Crippen LogP contribution in [0.3, 0.4) is 0 Å². The third kappa shape index (κ3) is 3.68. The predicted octanol–water partition coefficient (Wildman–Crippen LogP) is -2.27. The van der Waals surface area contributed by atoms with E-state index in [1.165, 1.54) is 11.1 Å². The molecule has 0 radical (unpaired) electrons. The van der Waals surface area contributed by atoms with Crippen molar-refractivity contribution in [1.82, 2.24) is 0 Å². The molecule has 1 nitrogen and oxygen atoms in total. The molecule has 1 aliphatic heterocycles. The van der Waals surface area contributed by atoms with E-state index in [0.717, 1.165) is 0 Å². The number of epoxide rings is 1. The van der Waals surface area contributed by atoms with Gasteiger partial charge >= 0.3 is 59.1 Å². The van der Waals surface area contributed by atoms with Gasteiger partial charge in [0.25, 0.3) is 0 Å². The van der Waals surface area contributed by atoms with E-state index in [2.05, 4.69) is 48.5 Å². The van der Waals surface area contributed by atoms with Crippen molar-refractivity contribution in [3.05, 3.63) is 71.8 Å². The van der Waals surface area contributed by atoms with Gasteiger partial charge in [-0.05, 0) is 11.1 Å². The Hall–Kier alpha value is 0.400. The molecule has 0 amide bonds. The van der Waals surface area contributed by atoms with Crippen LogP contribution >= 0.6 is 0 Å². The van der Waals surface area contributed by atoms with Crippen LogP contribution in [0.4, 0.5) is 0 Å². The molecule has 0 saturated carbocycles. The molecule has 0 N–H and O–H groups in total. The number of benzene rings is 2. The summed E-state index contributed by atoms with van der Waals surface area (Å²) >= 11 is 0. The first kappa shape index (κ1) is 15.5. The van der Waals surface area contributed by atoms with Gasteiger partial charge in [0.15, 0.2) is 0 Å². The van der Waals surface area contributed by atoms with Crippen molar-refractivity contribution in [2.75, 3.05) is 0 Å². The van der Waals surface area contributed by atoms with Crippen molar-refractivity contribution in [3.8, 4) is 0 Å². The van der Waals surface area contributed by atoms with Crippen molar-refractivity contribution >= 4 is 0 Å². The molecule has 2 aromatic rings. The van der Waals surface area contributed by atoms with E-state index in [-0.39, 0.29) is 74.2 Å². The summed E-state index contributed by atoms with van der Waals surface area (Å²) in [7, 11) is 0. The van der Waals surface area contributed by atoms with Crippen LogP contribution in [0.5, 0.6) is 0 Å². The Kier molecular flexibility index (Phi) is 6.46. The molecule has 78 valence electrons. The normalized spacial score (nSPS) is 20.9. The van der Waals surface area contributed by atoms with Crippen LogP contribution in [-0.4, -0.2) is 0 Å². The second-order valence-corrected chi connectivity index (χ2v) is 3.80. The van der Waals surface area contributed by atoms with Gasteiger partial charge in [-0.2, -0.15) is 0 Å². The fraction of sp³-hybridized carbons (Fsp3) is 0.143. The molecule has 1 saturated heterocycles. The SMILES string of the molecule is [H-].[H-].[Na+].[Na+].c1ccc(C2OC2c2ccccc2)cc1. The smallest absolute Gasteiger partial charge is 1.00 e. The number of rotatable bonds is 2. The van der Waals surface area contributed by atoms with Gasteiger partial charge < -0.3 is 7.59 Å². The molecule has 0 aliphatic carbocycles. The van der Waals surface area contributed by atoms with Crippen LogP contribution in [0.2, 0.25) is 0 Å². The summed E-state index contributed by atoms with van der Waals surface area (Å²) < 4.78 is 5.69. The summed E-state index contributed by atoms with van der Waals surface area (Å²) in [5.74, 6) is 0. The summed E-state index contributed by atoms with van der Waals surface area (Å²) in [6.07, 6.45) is 0.516. The maximum absolute atomic E-state index is 5.69. The van der Waals surface area contributed by atoms with Gasteiger partial charge in [0.1, 0.15) is 12.2 Å². The molecular formula is C14H14Na2O. The van der Waals surface area contributed by atoms with Crippen molar-refractivity contribution in [3.63, 3.8) is 0 Å². The van der Waals surface area contributed by atoms with E-state index in [0.29, 0.717) is 0 Å². The molecule has 3 heteroatoms. The summed E-state index contributed by atoms with van der Waals surface area (Å²) in [6.45, 7) is 0. The molecule has 0 aromatic heterocycles. The standard InChI is InChI=1S/C14H12O.2Na.2H/c1-3-7-11(8-4-1)13-14(15-13)12-9-5-2-6-10-12;;;;/h1-10,13-14H;;;;/q;2*+1;2*-1. The van der Waals surface area contributed by atoms with Gasteiger partial charge in [-0.15, -0.1) is 0 Å². The molecule has 1 fully saturated rings. The zero-order chi connectivity index (χ0) is 10.1. The van der Waals surface area contributed by atoms with Gasteiger partial charge in [-0.25, -0.2) is 0 Å². The zero-order valence-electron chi connectivity index (χ0n) is 12.3. The van der Waals surface area contributed by atoms with Crippen LogP contribution in [0, 0.1) is 0 Å². The fourth-order valence-electron chi connectivity index (χ4n) is 1.90. The third-order valence-electron chi connectivity index (χ3n) is 2.75. The quantitative estimate of drug-likeness (QED) is 0.429. The van der Waals surface area contributed by atoms with E-state index in [1.807, 2.05) is 12.1 Å². The van der Waals surface area contributed by atoms with E-state index >= 15 is 0 Å². The Morgan fingerprint density at radius 1 is 0.647 bits per heavy atom. The van der Waals surface area contributed by atoms with Gasteiger partial charge in [0, 0.05) is 0 Å². The molecule has 3 rings (SSSR count). The summed E-state index contributed by atoms with van der Waals surface area (Å²) in [5, 5.41) is 0. The van der Waals surface area contributed by atoms with Crippen LogP contribution in [-0.2, 0) is 4.74 Å². The van der Waals surface area contributed by atoms with Gasteiger partial charge in [-0.1, -0.05) is 60.7 Å². The Balaban J connectivity index is 0. The van der Waals surface area contributed by atoms with Crippen molar-refractivity contribution in [1.29, 1.82) is 0 Å². The summed E-state index contributed by atoms with van der Waals surface area (Å²) in [4.78, 5) is 0. The first-order chi connectivity index (χ1) is 7.45. The van der Waals surface area contributed by atoms with E-state index in [1.54, 1.807) is 0 Å². The fourth-order valence-corrected chi connectivity index (χ4v) is 1.90. The molecule has 2 aromatic carbocycles. The first-order valence-electron chi connectivity index (χ1n) is 5.20. The zero-order valence-corrected chi connectivity index (χ0v) is 14.3. The first-order valence-corrected chi connectivity index (χ1v) is 5.20. The number of hydrogen-bond acceptors (Lipinski definition) is 1. The molecule has 2 unspecified atom stereocenters. The van der Waals surface area contributed by atoms with E-state index in [9.17, 15) is 0 Å². The average Bonchev–Trinajstić information content (AvgIpc) is 3.11. The van der Waals surface area contributed by atoms with E-state index < -0.39 is 0 Å². The Bertz CT molecular complexity index is 410. The van der Waals surface area contributed by atoms with Gasteiger partial charge in [0.2, 0.25) is 0 Å². The van der Waals surface area contributed by atoms with Crippen LogP contribution in [0.1, 0.15) is 26.2 Å². The van der Waals surface area contributed by atoms with Crippen LogP contribution in [0.25, 0.3) is 0 Å². The van der Waals surface area contributed by atoms with Crippen molar-refractivity contribution in [2.45, 2.75) is 12.2 Å². The number of ether oxygens (including phenoxy) is 1. The average molecular weight is 244 g/mol. The predicted molar refractivity (Wildman–Crippen MR) is 61.7 cm³/mol. The van der Waals surface area contributed by atoms with Gasteiger partial charge in [0.05, 0.1) is 0 Å². The second kappa shape index (κ2) is 7.10. The van der Waals surface area contributed by atoms with E-state index in [4.69, 9.17) is 4.74 Å². The molecule has 0 spiro atoms. The summed E-state index contributed by atoms with van der Waals surface area (Å²) in [5.41, 5.74) is 2.54. The maximum atomic E-state index is 5.69. The summed E-state index contributed by atoms with van der Waals surface area (Å²) in [6, 6.07) is 20.8. The minimum absolute atomic E-state index is 0. The van der Waals surface area contributed by atoms with Crippen molar-refractivity contribution in [2.24, 2.45) is 0 Å². The molecule has 17 heavy (non-hydrogen) atoms. The second-order valence-electron chi connectivity index (χ2n) is 3.80. The van der Waals surface area contributed by atoms with Crippen LogP contribution < -0.4 is 59.1 Å². The monoisotopic (exact) mass is 244 g/mol. The van der Waals surface area contributed by atoms with Gasteiger partial charge in [-0.3, -0.25) is 0 Å². The topological polar surface area (TPSA) is 12.5 Å².